The van der Waals surface area contributed by atoms with Gasteiger partial charge in [-0.1, -0.05) is 12.1 Å². The molecule has 0 aliphatic carbocycles. The fourth-order valence-electron chi connectivity index (χ4n) is 1.74. The molecule has 0 spiro atoms. The highest BCUT2D eigenvalue weighted by Crippen LogP contribution is 2.16. The average molecular weight is 318 g/mol. The molecule has 0 atom stereocenters. The van der Waals surface area contributed by atoms with Crippen molar-refractivity contribution < 1.29 is 22.7 Å². The quantitative estimate of drug-likeness (QED) is 0.656. The molecule has 1 aromatic heterocycles. The Bertz CT molecular complexity index is 717. The van der Waals surface area contributed by atoms with E-state index in [1.807, 2.05) is 0 Å². The van der Waals surface area contributed by atoms with Crippen LogP contribution in [0.15, 0.2) is 52.7 Å². The van der Waals surface area contributed by atoms with E-state index in [0.717, 1.165) is 0 Å². The van der Waals surface area contributed by atoms with Gasteiger partial charge in [0.2, 0.25) is 0 Å². The number of ether oxygens (including phenoxy) is 1. The number of furan rings is 1. The Kier molecular flexibility index (Phi) is 5.47. The molecule has 1 heterocycles. The van der Waals surface area contributed by atoms with Gasteiger partial charge in [0.05, 0.1) is 12.8 Å². The number of rotatable bonds is 6. The first-order valence-corrected chi connectivity index (χ1v) is 6.55. The van der Waals surface area contributed by atoms with Crippen molar-refractivity contribution >= 4 is 12.0 Å². The fraction of sp³-hybridized carbons (Fsp3) is 0.125. The minimum absolute atomic E-state index is 0.00192. The number of hydrogen-bond donors (Lipinski definition) is 1. The van der Waals surface area contributed by atoms with E-state index in [0.29, 0.717) is 11.3 Å². The van der Waals surface area contributed by atoms with E-state index in [4.69, 9.17) is 9.68 Å². The number of nitriles is 1. The van der Waals surface area contributed by atoms with Crippen molar-refractivity contribution in [2.45, 2.75) is 13.2 Å². The monoisotopic (exact) mass is 318 g/mol. The molecular formula is C16H12F2N2O3. The second-order valence-corrected chi connectivity index (χ2v) is 4.38. The summed E-state index contributed by atoms with van der Waals surface area (Å²) in [7, 11) is 0. The zero-order valence-corrected chi connectivity index (χ0v) is 11.8. The lowest BCUT2D eigenvalue weighted by atomic mass is 10.1. The van der Waals surface area contributed by atoms with Crippen molar-refractivity contribution in [1.29, 1.82) is 5.26 Å². The van der Waals surface area contributed by atoms with Gasteiger partial charge < -0.3 is 14.5 Å². The molecule has 118 valence electrons. The Morgan fingerprint density at radius 1 is 1.35 bits per heavy atom. The second kappa shape index (κ2) is 7.75. The van der Waals surface area contributed by atoms with Crippen LogP contribution in [0.3, 0.4) is 0 Å². The van der Waals surface area contributed by atoms with Gasteiger partial charge in [-0.15, -0.1) is 0 Å². The van der Waals surface area contributed by atoms with Gasteiger partial charge in [0, 0.05) is 0 Å². The molecule has 0 saturated heterocycles. The first kappa shape index (κ1) is 16.2. The maximum Gasteiger partial charge on any atom is 0.387 e. The van der Waals surface area contributed by atoms with Crippen LogP contribution in [0.5, 0.6) is 5.75 Å². The highest BCUT2D eigenvalue weighted by atomic mass is 19.3. The number of alkyl halides is 2. The van der Waals surface area contributed by atoms with E-state index in [1.54, 1.807) is 18.2 Å². The van der Waals surface area contributed by atoms with Crippen molar-refractivity contribution in [2.75, 3.05) is 0 Å². The first-order chi connectivity index (χ1) is 11.1. The van der Waals surface area contributed by atoms with Crippen LogP contribution in [0, 0.1) is 11.3 Å². The average Bonchev–Trinajstić information content (AvgIpc) is 3.04. The zero-order chi connectivity index (χ0) is 16.7. The molecule has 1 N–H and O–H groups in total. The maximum absolute atomic E-state index is 12.1. The fourth-order valence-corrected chi connectivity index (χ4v) is 1.74. The van der Waals surface area contributed by atoms with E-state index < -0.39 is 12.5 Å². The predicted octanol–water partition coefficient (Wildman–Crippen LogP) is 3.10. The Morgan fingerprint density at radius 3 is 2.65 bits per heavy atom. The number of nitrogens with zero attached hydrogens (tertiary/aromatic N) is 1. The minimum atomic E-state index is -2.90. The molecule has 1 aromatic carbocycles. The number of hydrogen-bond acceptors (Lipinski definition) is 4. The number of carbonyl (C=O) groups excluding carboxylic acids is 1. The van der Waals surface area contributed by atoms with Crippen LogP contribution in [0.1, 0.15) is 11.3 Å². The molecule has 0 unspecified atom stereocenters. The molecule has 2 rings (SSSR count). The molecule has 0 radical (unpaired) electrons. The van der Waals surface area contributed by atoms with E-state index in [1.165, 1.54) is 36.6 Å². The van der Waals surface area contributed by atoms with Gasteiger partial charge in [0.1, 0.15) is 23.2 Å². The SMILES string of the molecule is N#C/C(=C\c1ccc(OC(F)F)cc1)C(=O)NCc1ccco1. The van der Waals surface area contributed by atoms with Gasteiger partial charge in [-0.2, -0.15) is 14.0 Å². The summed E-state index contributed by atoms with van der Waals surface area (Å²) < 4.78 is 33.4. The van der Waals surface area contributed by atoms with E-state index >= 15 is 0 Å². The Hall–Kier alpha value is -3.14. The van der Waals surface area contributed by atoms with Gasteiger partial charge in [-0.05, 0) is 35.9 Å². The summed E-state index contributed by atoms with van der Waals surface area (Å²) in [5, 5.41) is 11.6. The Morgan fingerprint density at radius 2 is 2.09 bits per heavy atom. The van der Waals surface area contributed by atoms with Crippen molar-refractivity contribution in [1.82, 2.24) is 5.32 Å². The standard InChI is InChI=1S/C16H12F2N2O3/c17-16(18)23-13-5-3-11(4-6-13)8-12(9-19)15(21)20-10-14-2-1-7-22-14/h1-8,16H,10H2,(H,20,21)/b12-8+. The summed E-state index contributed by atoms with van der Waals surface area (Å²) in [6.07, 6.45) is 2.83. The highest BCUT2D eigenvalue weighted by Gasteiger charge is 2.10. The van der Waals surface area contributed by atoms with Crippen molar-refractivity contribution in [3.63, 3.8) is 0 Å². The van der Waals surface area contributed by atoms with Crippen LogP contribution < -0.4 is 10.1 Å². The third kappa shape index (κ3) is 4.97. The normalized spacial score (nSPS) is 11.1. The van der Waals surface area contributed by atoms with Gasteiger partial charge in [0.15, 0.2) is 0 Å². The molecule has 0 bridgehead atoms. The van der Waals surface area contributed by atoms with Crippen LogP contribution >= 0.6 is 0 Å². The van der Waals surface area contributed by atoms with Crippen LogP contribution in [0.25, 0.3) is 6.08 Å². The lowest BCUT2D eigenvalue weighted by Crippen LogP contribution is -2.23. The number of halogens is 2. The molecule has 0 aliphatic heterocycles. The zero-order valence-electron chi connectivity index (χ0n) is 11.8. The lowest BCUT2D eigenvalue weighted by molar-refractivity contribution is -0.117. The summed E-state index contributed by atoms with van der Waals surface area (Å²) in [6, 6.07) is 10.8. The van der Waals surface area contributed by atoms with Gasteiger partial charge >= 0.3 is 6.61 Å². The van der Waals surface area contributed by atoms with E-state index in [-0.39, 0.29) is 17.9 Å². The molecule has 1 amide bonds. The van der Waals surface area contributed by atoms with Crippen LogP contribution in [-0.2, 0) is 11.3 Å². The molecule has 0 fully saturated rings. The summed E-state index contributed by atoms with van der Waals surface area (Å²) in [6.45, 7) is -2.75. The number of amides is 1. The van der Waals surface area contributed by atoms with Gasteiger partial charge in [-0.25, -0.2) is 0 Å². The number of carbonyl (C=O) groups is 1. The van der Waals surface area contributed by atoms with Crippen LogP contribution in [0.2, 0.25) is 0 Å². The Balaban J connectivity index is 2.02. The predicted molar refractivity (Wildman–Crippen MR) is 77.2 cm³/mol. The smallest absolute Gasteiger partial charge is 0.387 e. The minimum Gasteiger partial charge on any atom is -0.467 e. The number of benzene rings is 1. The van der Waals surface area contributed by atoms with Crippen LogP contribution in [0.4, 0.5) is 8.78 Å². The van der Waals surface area contributed by atoms with Gasteiger partial charge in [-0.3, -0.25) is 4.79 Å². The topological polar surface area (TPSA) is 75.3 Å². The second-order valence-electron chi connectivity index (χ2n) is 4.38. The van der Waals surface area contributed by atoms with E-state index in [2.05, 4.69) is 10.1 Å². The summed E-state index contributed by atoms with van der Waals surface area (Å²) >= 11 is 0. The van der Waals surface area contributed by atoms with Gasteiger partial charge in [0.25, 0.3) is 5.91 Å². The van der Waals surface area contributed by atoms with E-state index in [9.17, 15) is 13.6 Å². The maximum atomic E-state index is 12.1. The largest absolute Gasteiger partial charge is 0.467 e. The molecule has 5 nitrogen and oxygen atoms in total. The third-order valence-corrected chi connectivity index (χ3v) is 2.78. The van der Waals surface area contributed by atoms with Crippen molar-refractivity contribution in [2.24, 2.45) is 0 Å². The number of nitrogens with one attached hydrogen (secondary N) is 1. The van der Waals surface area contributed by atoms with Crippen molar-refractivity contribution in [3.8, 4) is 11.8 Å². The molecule has 0 aliphatic rings. The van der Waals surface area contributed by atoms with Crippen molar-refractivity contribution in [3.05, 3.63) is 59.6 Å². The summed E-state index contributed by atoms with van der Waals surface area (Å²) in [4.78, 5) is 11.9. The highest BCUT2D eigenvalue weighted by molar-refractivity contribution is 6.01. The molecule has 7 heteroatoms. The molecule has 23 heavy (non-hydrogen) atoms. The Labute approximate surface area is 130 Å². The lowest BCUT2D eigenvalue weighted by Gasteiger charge is -2.05. The summed E-state index contributed by atoms with van der Waals surface area (Å²) in [5.74, 6) is -0.00104. The first-order valence-electron chi connectivity index (χ1n) is 6.55. The molecule has 2 aromatic rings. The molecule has 0 saturated carbocycles. The molecular weight excluding hydrogens is 306 g/mol. The van der Waals surface area contributed by atoms with Crippen LogP contribution in [-0.4, -0.2) is 12.5 Å². The summed E-state index contributed by atoms with van der Waals surface area (Å²) in [5.41, 5.74) is 0.399. The third-order valence-electron chi connectivity index (χ3n) is 2.78.